The number of halogens is 1. The van der Waals surface area contributed by atoms with E-state index in [1.54, 1.807) is 36.8 Å². The second-order valence-corrected chi connectivity index (χ2v) is 6.60. The van der Waals surface area contributed by atoms with Crippen LogP contribution >= 0.6 is 15.9 Å². The topological polar surface area (TPSA) is 85.2 Å². The number of nitriles is 1. The van der Waals surface area contributed by atoms with Crippen LogP contribution in [-0.4, -0.2) is 47.0 Å². The van der Waals surface area contributed by atoms with E-state index in [4.69, 9.17) is 0 Å². The predicted molar refractivity (Wildman–Crippen MR) is 102 cm³/mol. The van der Waals surface area contributed by atoms with Crippen molar-refractivity contribution in [3.63, 3.8) is 0 Å². The molecule has 2 aromatic rings. The Morgan fingerprint density at radius 2 is 1.81 bits per heavy atom. The van der Waals surface area contributed by atoms with Gasteiger partial charge < -0.3 is 15.1 Å². The van der Waals surface area contributed by atoms with Crippen LogP contribution in [0.15, 0.2) is 59.0 Å². The quantitative estimate of drug-likeness (QED) is 0.612. The monoisotopic (exact) mass is 412 g/mol. The molecular formula is C18H17BrN6O. The third-order valence-corrected chi connectivity index (χ3v) is 4.46. The van der Waals surface area contributed by atoms with Crippen LogP contribution < -0.4 is 10.2 Å². The van der Waals surface area contributed by atoms with Gasteiger partial charge in [-0.2, -0.15) is 5.26 Å². The highest BCUT2D eigenvalue weighted by atomic mass is 79.9. The van der Waals surface area contributed by atoms with E-state index in [2.05, 4.69) is 36.1 Å². The molecule has 8 heteroatoms. The summed E-state index contributed by atoms with van der Waals surface area (Å²) >= 11 is 3.35. The molecule has 3 rings (SSSR count). The lowest BCUT2D eigenvalue weighted by Crippen LogP contribution is -2.45. The summed E-state index contributed by atoms with van der Waals surface area (Å²) < 4.78 is 0.923. The van der Waals surface area contributed by atoms with Crippen LogP contribution in [0.4, 0.5) is 11.6 Å². The number of carbonyl (C=O) groups excluding carboxylic acids is 1. The van der Waals surface area contributed by atoms with Gasteiger partial charge in [0.1, 0.15) is 11.6 Å². The van der Waals surface area contributed by atoms with E-state index in [9.17, 15) is 10.1 Å². The number of rotatable bonds is 4. The van der Waals surface area contributed by atoms with E-state index in [0.29, 0.717) is 24.7 Å². The summed E-state index contributed by atoms with van der Waals surface area (Å²) in [7, 11) is 0. The van der Waals surface area contributed by atoms with Crippen LogP contribution in [0, 0.1) is 11.3 Å². The Morgan fingerprint density at radius 3 is 2.42 bits per heavy atom. The van der Waals surface area contributed by atoms with Crippen LogP contribution in [0.3, 0.4) is 0 Å². The van der Waals surface area contributed by atoms with Crippen molar-refractivity contribution < 1.29 is 4.79 Å². The number of nitrogens with zero attached hydrogens (tertiary/aromatic N) is 5. The number of benzene rings is 1. The smallest absolute Gasteiger partial charge is 0.267 e. The van der Waals surface area contributed by atoms with Gasteiger partial charge in [0.15, 0.2) is 0 Å². The zero-order valence-electron chi connectivity index (χ0n) is 14.0. The van der Waals surface area contributed by atoms with E-state index >= 15 is 0 Å². The van der Waals surface area contributed by atoms with Gasteiger partial charge >= 0.3 is 0 Å². The number of hydrogen-bond acceptors (Lipinski definition) is 6. The van der Waals surface area contributed by atoms with Crippen LogP contribution in [0.5, 0.6) is 0 Å². The van der Waals surface area contributed by atoms with Gasteiger partial charge in [0, 0.05) is 54.9 Å². The van der Waals surface area contributed by atoms with Crippen molar-refractivity contribution in [2.45, 2.75) is 0 Å². The van der Waals surface area contributed by atoms with E-state index in [1.807, 2.05) is 23.1 Å². The molecule has 1 aromatic heterocycles. The molecular weight excluding hydrogens is 396 g/mol. The average Bonchev–Trinajstić information content (AvgIpc) is 2.69. The van der Waals surface area contributed by atoms with E-state index < -0.39 is 5.91 Å². The Balaban J connectivity index is 1.60. The molecule has 0 bridgehead atoms. The minimum absolute atomic E-state index is 0.0809. The van der Waals surface area contributed by atoms with Gasteiger partial charge in [-0.15, -0.1) is 0 Å². The van der Waals surface area contributed by atoms with Crippen LogP contribution in [0.1, 0.15) is 0 Å². The maximum atomic E-state index is 12.3. The van der Waals surface area contributed by atoms with E-state index in [1.165, 1.54) is 0 Å². The lowest BCUT2D eigenvalue weighted by molar-refractivity contribution is -0.112. The van der Waals surface area contributed by atoms with Gasteiger partial charge in [-0.25, -0.2) is 9.97 Å². The van der Waals surface area contributed by atoms with Crippen molar-refractivity contribution in [1.29, 1.82) is 5.26 Å². The molecule has 2 heterocycles. The fourth-order valence-corrected chi connectivity index (χ4v) is 2.82. The molecule has 0 unspecified atom stereocenters. The molecule has 0 aliphatic carbocycles. The largest absolute Gasteiger partial charge is 0.373 e. The minimum atomic E-state index is -0.413. The Kier molecular flexibility index (Phi) is 5.81. The summed E-state index contributed by atoms with van der Waals surface area (Å²) in [4.78, 5) is 24.9. The number of carbonyl (C=O) groups is 1. The highest BCUT2D eigenvalue weighted by Gasteiger charge is 2.19. The minimum Gasteiger partial charge on any atom is -0.373 e. The number of piperazine rings is 1. The molecule has 1 fully saturated rings. The molecule has 1 saturated heterocycles. The third kappa shape index (κ3) is 4.58. The highest BCUT2D eigenvalue weighted by Crippen LogP contribution is 2.15. The molecule has 0 atom stereocenters. The molecule has 26 heavy (non-hydrogen) atoms. The van der Waals surface area contributed by atoms with Crippen molar-refractivity contribution in [2.24, 2.45) is 0 Å². The SMILES string of the molecule is N#C/C(=C/N1CCN(c2ncccn2)CC1)C(=O)Nc1ccc(Br)cc1. The molecule has 0 spiro atoms. The number of anilines is 2. The first-order valence-electron chi connectivity index (χ1n) is 8.10. The lowest BCUT2D eigenvalue weighted by Gasteiger charge is -2.34. The summed E-state index contributed by atoms with van der Waals surface area (Å²) in [5.74, 6) is 0.285. The molecule has 0 radical (unpaired) electrons. The second-order valence-electron chi connectivity index (χ2n) is 5.69. The summed E-state index contributed by atoms with van der Waals surface area (Å²) in [5.41, 5.74) is 0.725. The van der Waals surface area contributed by atoms with Crippen molar-refractivity contribution in [1.82, 2.24) is 14.9 Å². The van der Waals surface area contributed by atoms with E-state index in [0.717, 1.165) is 17.6 Å². The lowest BCUT2D eigenvalue weighted by atomic mass is 10.2. The maximum absolute atomic E-state index is 12.3. The van der Waals surface area contributed by atoms with Gasteiger partial charge in [-0.3, -0.25) is 4.79 Å². The molecule has 1 aliphatic rings. The van der Waals surface area contributed by atoms with Crippen LogP contribution in [-0.2, 0) is 4.79 Å². The molecule has 7 nitrogen and oxygen atoms in total. The molecule has 1 amide bonds. The van der Waals surface area contributed by atoms with Crippen molar-refractivity contribution >= 4 is 33.5 Å². The van der Waals surface area contributed by atoms with Crippen LogP contribution in [0.2, 0.25) is 0 Å². The first-order chi connectivity index (χ1) is 12.7. The second kappa shape index (κ2) is 8.45. The van der Waals surface area contributed by atoms with Gasteiger partial charge in [0.25, 0.3) is 5.91 Å². The number of aromatic nitrogens is 2. The van der Waals surface area contributed by atoms with E-state index in [-0.39, 0.29) is 5.57 Å². The zero-order chi connectivity index (χ0) is 18.4. The Bertz CT molecular complexity index is 823. The van der Waals surface area contributed by atoms with Crippen molar-refractivity contribution in [2.75, 3.05) is 36.4 Å². The Morgan fingerprint density at radius 1 is 1.15 bits per heavy atom. The summed E-state index contributed by atoms with van der Waals surface area (Å²) in [6, 6.07) is 11.0. The number of hydrogen-bond donors (Lipinski definition) is 1. The fraction of sp³-hybridized carbons (Fsp3) is 0.222. The predicted octanol–water partition coefficient (Wildman–Crippen LogP) is 2.41. The maximum Gasteiger partial charge on any atom is 0.267 e. The first-order valence-corrected chi connectivity index (χ1v) is 8.90. The van der Waals surface area contributed by atoms with Crippen LogP contribution in [0.25, 0.3) is 0 Å². The number of amides is 1. The highest BCUT2D eigenvalue weighted by molar-refractivity contribution is 9.10. The fourth-order valence-electron chi connectivity index (χ4n) is 2.56. The van der Waals surface area contributed by atoms with Crippen molar-refractivity contribution in [3.8, 4) is 6.07 Å². The summed E-state index contributed by atoms with van der Waals surface area (Å²) in [6.07, 6.45) is 5.06. The Hall–Kier alpha value is -2.92. The van der Waals surface area contributed by atoms with Crippen molar-refractivity contribution in [3.05, 3.63) is 59.0 Å². The molecule has 132 valence electrons. The Labute approximate surface area is 160 Å². The molecule has 1 N–H and O–H groups in total. The first kappa shape index (κ1) is 17.9. The molecule has 0 saturated carbocycles. The zero-order valence-corrected chi connectivity index (χ0v) is 15.6. The van der Waals surface area contributed by atoms with Gasteiger partial charge in [-0.1, -0.05) is 15.9 Å². The van der Waals surface area contributed by atoms with Gasteiger partial charge in [0.2, 0.25) is 5.95 Å². The molecule has 1 aliphatic heterocycles. The van der Waals surface area contributed by atoms with Gasteiger partial charge in [0.05, 0.1) is 0 Å². The van der Waals surface area contributed by atoms with Gasteiger partial charge in [-0.05, 0) is 30.3 Å². The molecule has 1 aromatic carbocycles. The summed E-state index contributed by atoms with van der Waals surface area (Å²) in [5, 5.41) is 12.1. The normalized spacial score (nSPS) is 14.7. The standard InChI is InChI=1S/C18H17BrN6O/c19-15-2-4-16(5-3-15)23-17(26)14(12-20)13-24-8-10-25(11-9-24)18-21-6-1-7-22-18/h1-7,13H,8-11H2,(H,23,26)/b14-13-. The number of nitrogens with one attached hydrogen (secondary N) is 1. The summed E-state index contributed by atoms with van der Waals surface area (Å²) in [6.45, 7) is 2.84. The third-order valence-electron chi connectivity index (χ3n) is 3.93. The average molecular weight is 413 g/mol.